The lowest BCUT2D eigenvalue weighted by Crippen LogP contribution is -2.54. The quantitative estimate of drug-likeness (QED) is 0.373. The molecule has 11 nitrogen and oxygen atoms in total. The van der Waals surface area contributed by atoms with Gasteiger partial charge in [-0.25, -0.2) is 19.2 Å². The third-order valence-electron chi connectivity index (χ3n) is 7.14. The van der Waals surface area contributed by atoms with E-state index in [4.69, 9.17) is 4.74 Å². The molecule has 2 atom stereocenters. The number of aromatic nitrogens is 4. The summed E-state index contributed by atoms with van der Waals surface area (Å²) in [6, 6.07) is 2.59. The number of piperidine rings is 1. The minimum atomic E-state index is -0.912. The normalized spacial score (nSPS) is 17.4. The maximum atomic E-state index is 14.8. The van der Waals surface area contributed by atoms with E-state index in [2.05, 4.69) is 25.7 Å². The Morgan fingerprint density at radius 3 is 2.52 bits per heavy atom. The van der Waals surface area contributed by atoms with Gasteiger partial charge in [-0.1, -0.05) is 20.8 Å². The molecule has 2 amide bonds. The van der Waals surface area contributed by atoms with Crippen LogP contribution in [-0.4, -0.2) is 68.5 Å². The third kappa shape index (κ3) is 6.32. The van der Waals surface area contributed by atoms with Gasteiger partial charge in [0.2, 0.25) is 5.95 Å². The first-order valence-electron chi connectivity index (χ1n) is 13.2. The van der Waals surface area contributed by atoms with E-state index in [1.807, 2.05) is 31.6 Å². The van der Waals surface area contributed by atoms with Crippen LogP contribution >= 0.6 is 0 Å². The number of halogens is 1. The first-order valence-corrected chi connectivity index (χ1v) is 13.2. The zero-order chi connectivity index (χ0) is 29.0. The summed E-state index contributed by atoms with van der Waals surface area (Å²) < 4.78 is 21.7. The highest BCUT2D eigenvalue weighted by molar-refractivity contribution is 5.94. The number of hydrogen-bond acceptors (Lipinski definition) is 7. The zero-order valence-electron chi connectivity index (χ0n) is 23.4. The molecule has 12 heteroatoms. The number of amides is 2. The van der Waals surface area contributed by atoms with Crippen LogP contribution in [0.1, 0.15) is 61.1 Å². The van der Waals surface area contributed by atoms with Gasteiger partial charge >= 0.3 is 6.09 Å². The molecule has 1 aliphatic rings. The Kier molecular flexibility index (Phi) is 8.55. The lowest BCUT2D eigenvalue weighted by Gasteiger charge is -2.46. The van der Waals surface area contributed by atoms with Gasteiger partial charge in [0.25, 0.3) is 5.91 Å². The van der Waals surface area contributed by atoms with Crippen molar-refractivity contribution >= 4 is 23.6 Å². The van der Waals surface area contributed by atoms with Crippen LogP contribution in [0, 0.1) is 11.2 Å². The van der Waals surface area contributed by atoms with Crippen molar-refractivity contribution in [2.24, 2.45) is 5.41 Å². The summed E-state index contributed by atoms with van der Waals surface area (Å²) >= 11 is 0. The van der Waals surface area contributed by atoms with Crippen LogP contribution in [-0.2, 0) is 12.8 Å². The number of benzene rings is 1. The van der Waals surface area contributed by atoms with Crippen LogP contribution < -0.4 is 15.4 Å². The summed E-state index contributed by atoms with van der Waals surface area (Å²) in [4.78, 5) is 34.3. The van der Waals surface area contributed by atoms with E-state index in [-0.39, 0.29) is 29.2 Å². The molecule has 2 aromatic heterocycles. The second-order valence-corrected chi connectivity index (χ2v) is 11.0. The van der Waals surface area contributed by atoms with E-state index in [0.29, 0.717) is 42.1 Å². The van der Waals surface area contributed by atoms with E-state index >= 15 is 0 Å². The number of rotatable bonds is 8. The second-order valence-electron chi connectivity index (χ2n) is 11.0. The number of carbonyl (C=O) groups excluding carboxylic acids is 1. The van der Waals surface area contributed by atoms with Crippen molar-refractivity contribution in [3.8, 4) is 5.75 Å². The molecule has 3 N–H and O–H groups in total. The van der Waals surface area contributed by atoms with E-state index in [0.717, 1.165) is 18.4 Å². The predicted molar refractivity (Wildman–Crippen MR) is 148 cm³/mol. The van der Waals surface area contributed by atoms with Gasteiger partial charge in [-0.2, -0.15) is 5.10 Å². The first-order chi connectivity index (χ1) is 19.0. The number of likely N-dealkylation sites (tertiary alicyclic amines) is 1. The fourth-order valence-corrected chi connectivity index (χ4v) is 5.31. The van der Waals surface area contributed by atoms with E-state index in [9.17, 15) is 19.1 Å². The average molecular weight is 554 g/mol. The number of carbonyl (C=O) groups is 2. The highest BCUT2D eigenvalue weighted by Crippen LogP contribution is 2.39. The molecular weight excluding hydrogens is 517 g/mol. The average Bonchev–Trinajstić information content (AvgIpc) is 3.40. The Balaban J connectivity index is 1.43. The summed E-state index contributed by atoms with van der Waals surface area (Å²) in [5.74, 6) is -0.422. The van der Waals surface area contributed by atoms with Crippen LogP contribution in [0.4, 0.5) is 20.8 Å². The largest absolute Gasteiger partial charge is 0.494 e. The molecule has 40 heavy (non-hydrogen) atoms. The molecule has 3 heterocycles. The molecular formula is C28H36FN7O4. The van der Waals surface area contributed by atoms with Crippen molar-refractivity contribution in [1.29, 1.82) is 0 Å². The molecule has 214 valence electrons. The highest BCUT2D eigenvalue weighted by atomic mass is 19.1. The molecule has 1 aromatic carbocycles. The van der Waals surface area contributed by atoms with Gasteiger partial charge in [-0.3, -0.25) is 9.48 Å². The molecule has 0 aliphatic carbocycles. The molecule has 0 bridgehead atoms. The van der Waals surface area contributed by atoms with Crippen molar-refractivity contribution in [3.63, 3.8) is 0 Å². The number of methoxy groups -OCH3 is 1. The minimum absolute atomic E-state index is 0.0187. The zero-order valence-corrected chi connectivity index (χ0v) is 23.4. The Bertz CT molecular complexity index is 1350. The number of nitrogens with zero attached hydrogens (tertiary/aromatic N) is 5. The molecule has 3 aromatic rings. The Morgan fingerprint density at radius 1 is 1.18 bits per heavy atom. The van der Waals surface area contributed by atoms with E-state index in [1.54, 1.807) is 18.6 Å². The van der Waals surface area contributed by atoms with Gasteiger partial charge in [-0.05, 0) is 54.4 Å². The number of nitrogens with one attached hydrogen (secondary N) is 2. The van der Waals surface area contributed by atoms with Crippen LogP contribution in [0.3, 0.4) is 0 Å². The lowest BCUT2D eigenvalue weighted by molar-refractivity contribution is 0.0236. The summed E-state index contributed by atoms with van der Waals surface area (Å²) in [6.45, 7) is 6.66. The van der Waals surface area contributed by atoms with Crippen LogP contribution in [0.2, 0.25) is 0 Å². The van der Waals surface area contributed by atoms with E-state index < -0.39 is 11.9 Å². The third-order valence-corrected chi connectivity index (χ3v) is 7.14. The molecule has 2 unspecified atom stereocenters. The van der Waals surface area contributed by atoms with Crippen molar-refractivity contribution in [1.82, 2.24) is 30.0 Å². The maximum Gasteiger partial charge on any atom is 0.407 e. The molecule has 0 saturated carbocycles. The van der Waals surface area contributed by atoms with Gasteiger partial charge in [0.1, 0.15) is 0 Å². The Hall–Kier alpha value is -4.22. The monoisotopic (exact) mass is 553 g/mol. The van der Waals surface area contributed by atoms with Crippen molar-refractivity contribution < 1.29 is 23.8 Å². The molecule has 4 rings (SSSR count). The molecule has 0 spiro atoms. The number of anilines is 2. The van der Waals surface area contributed by atoms with Crippen LogP contribution in [0.5, 0.6) is 5.75 Å². The van der Waals surface area contributed by atoms with Gasteiger partial charge in [-0.15, -0.1) is 0 Å². The summed E-state index contributed by atoms with van der Waals surface area (Å²) in [6.07, 6.45) is 8.33. The topological polar surface area (TPSA) is 134 Å². The SMILES string of the molecule is CNC(=O)c1cc(CCc2cnc(Nc3cnn(C4CCCN(C(=O)O)C4C(C)(C)C)c3)nc2)c(F)c(OC)c1. The molecule has 1 fully saturated rings. The Labute approximate surface area is 232 Å². The number of carboxylic acid groups (broad SMARTS) is 1. The van der Waals surface area contributed by atoms with Gasteiger partial charge < -0.3 is 25.4 Å². The molecule has 1 saturated heterocycles. The van der Waals surface area contributed by atoms with E-state index in [1.165, 1.54) is 31.2 Å². The number of hydrogen-bond donors (Lipinski definition) is 3. The van der Waals surface area contributed by atoms with Crippen molar-refractivity contribution in [2.45, 2.75) is 58.5 Å². The van der Waals surface area contributed by atoms with Crippen molar-refractivity contribution in [2.75, 3.05) is 26.0 Å². The van der Waals surface area contributed by atoms with Gasteiger partial charge in [0, 0.05) is 37.7 Å². The van der Waals surface area contributed by atoms with Crippen molar-refractivity contribution in [3.05, 3.63) is 59.4 Å². The van der Waals surface area contributed by atoms with Gasteiger partial charge in [0.05, 0.1) is 31.1 Å². The fraction of sp³-hybridized carbons (Fsp3) is 0.464. The van der Waals surface area contributed by atoms with Gasteiger partial charge in [0.15, 0.2) is 11.6 Å². The van der Waals surface area contributed by atoms with Crippen LogP contribution in [0.25, 0.3) is 0 Å². The standard InChI is InChI=1S/C28H36FN7O4/c1-28(2,3)24-21(7-6-10-35(24)27(38)39)36-16-20(15-33-36)34-26-31-13-17(14-32-26)8-9-18-11-19(25(37)30-4)12-22(40-5)23(18)29/h11-16,21,24H,6-10H2,1-5H3,(H,30,37)(H,38,39)(H,31,32,34). The molecule has 0 radical (unpaired) electrons. The lowest BCUT2D eigenvalue weighted by atomic mass is 9.78. The fourth-order valence-electron chi connectivity index (χ4n) is 5.31. The second kappa shape index (κ2) is 11.9. The maximum absolute atomic E-state index is 14.8. The number of aryl methyl sites for hydroxylation is 2. The summed E-state index contributed by atoms with van der Waals surface area (Å²) in [7, 11) is 2.88. The number of ether oxygens (including phenoxy) is 1. The summed E-state index contributed by atoms with van der Waals surface area (Å²) in [5.41, 5.74) is 1.91. The highest BCUT2D eigenvalue weighted by Gasteiger charge is 2.43. The smallest absolute Gasteiger partial charge is 0.407 e. The summed E-state index contributed by atoms with van der Waals surface area (Å²) in [5, 5.41) is 20.0. The van der Waals surface area contributed by atoms with Crippen LogP contribution in [0.15, 0.2) is 36.9 Å². The Morgan fingerprint density at radius 2 is 1.90 bits per heavy atom. The minimum Gasteiger partial charge on any atom is -0.494 e. The predicted octanol–water partition coefficient (Wildman–Crippen LogP) is 4.44. The first kappa shape index (κ1) is 28.8. The molecule has 1 aliphatic heterocycles.